The summed E-state index contributed by atoms with van der Waals surface area (Å²) < 4.78 is 0.877. The van der Waals surface area contributed by atoms with E-state index >= 15 is 0 Å². The van der Waals surface area contributed by atoms with Crippen molar-refractivity contribution in [1.82, 2.24) is 5.32 Å². The first-order chi connectivity index (χ1) is 11.6. The van der Waals surface area contributed by atoms with E-state index in [4.69, 9.17) is 0 Å². The molecule has 1 heterocycles. The molecule has 0 spiro atoms. The Bertz CT molecular complexity index is 719. The number of rotatable bonds is 4. The molecule has 2 N–H and O–H groups in total. The Morgan fingerprint density at radius 2 is 2.08 bits per heavy atom. The Hall–Kier alpha value is -2.01. The van der Waals surface area contributed by atoms with Gasteiger partial charge in [-0.1, -0.05) is 24.3 Å². The lowest BCUT2D eigenvalue weighted by Crippen LogP contribution is -2.41. The van der Waals surface area contributed by atoms with Gasteiger partial charge in [-0.25, -0.2) is 4.79 Å². The lowest BCUT2D eigenvalue weighted by molar-refractivity contribution is 0.251. The summed E-state index contributed by atoms with van der Waals surface area (Å²) in [7, 11) is 0. The van der Waals surface area contributed by atoms with Crippen LogP contribution in [-0.4, -0.2) is 25.2 Å². The number of hydrogen-bond donors (Lipinski definition) is 2. The molecule has 2 aromatic rings. The first-order valence-electron chi connectivity index (χ1n) is 8.26. The molecule has 2 aromatic carbocycles. The molecule has 0 aliphatic carbocycles. The lowest BCUT2D eigenvalue weighted by Gasteiger charge is -2.27. The zero-order valence-electron chi connectivity index (χ0n) is 13.8. The molecule has 0 radical (unpaired) electrons. The Morgan fingerprint density at radius 1 is 1.25 bits per heavy atom. The van der Waals surface area contributed by atoms with E-state index in [0.717, 1.165) is 29.5 Å². The van der Waals surface area contributed by atoms with Crippen LogP contribution in [0.15, 0.2) is 53.0 Å². The molecule has 2 amide bonds. The molecule has 0 bridgehead atoms. The van der Waals surface area contributed by atoms with Gasteiger partial charge in [0, 0.05) is 29.3 Å². The van der Waals surface area contributed by atoms with Gasteiger partial charge >= 0.3 is 6.03 Å². The SMILES string of the molecule is Cc1cccc(N2CCCC2CNC(=O)Nc2ccccc2Br)c1. The zero-order valence-corrected chi connectivity index (χ0v) is 15.3. The fraction of sp³-hybridized carbons (Fsp3) is 0.316. The van der Waals surface area contributed by atoms with Crippen molar-refractivity contribution in [3.05, 3.63) is 58.6 Å². The van der Waals surface area contributed by atoms with Crippen LogP contribution in [0.25, 0.3) is 0 Å². The summed E-state index contributed by atoms with van der Waals surface area (Å²) in [6.07, 6.45) is 2.26. The monoisotopic (exact) mass is 387 g/mol. The van der Waals surface area contributed by atoms with E-state index < -0.39 is 0 Å². The van der Waals surface area contributed by atoms with Gasteiger partial charge in [0.25, 0.3) is 0 Å². The maximum atomic E-state index is 12.2. The first-order valence-corrected chi connectivity index (χ1v) is 9.05. The van der Waals surface area contributed by atoms with E-state index in [-0.39, 0.29) is 6.03 Å². The van der Waals surface area contributed by atoms with Crippen LogP contribution in [0.3, 0.4) is 0 Å². The number of para-hydroxylation sites is 1. The second-order valence-electron chi connectivity index (χ2n) is 6.14. The smallest absolute Gasteiger partial charge is 0.319 e. The average Bonchev–Trinajstić information content (AvgIpc) is 3.04. The van der Waals surface area contributed by atoms with Crippen molar-refractivity contribution >= 4 is 33.3 Å². The predicted molar refractivity (Wildman–Crippen MR) is 103 cm³/mol. The summed E-state index contributed by atoms with van der Waals surface area (Å²) in [5.41, 5.74) is 3.28. The maximum absolute atomic E-state index is 12.2. The van der Waals surface area contributed by atoms with E-state index in [1.54, 1.807) is 0 Å². The van der Waals surface area contributed by atoms with Crippen molar-refractivity contribution in [2.75, 3.05) is 23.3 Å². The highest BCUT2D eigenvalue weighted by molar-refractivity contribution is 9.10. The number of aryl methyl sites for hydroxylation is 1. The molecule has 24 heavy (non-hydrogen) atoms. The van der Waals surface area contributed by atoms with Gasteiger partial charge in [0.1, 0.15) is 0 Å². The maximum Gasteiger partial charge on any atom is 0.319 e. The summed E-state index contributed by atoms with van der Waals surface area (Å²) in [4.78, 5) is 14.6. The summed E-state index contributed by atoms with van der Waals surface area (Å²) >= 11 is 3.44. The molecule has 5 heteroatoms. The summed E-state index contributed by atoms with van der Waals surface area (Å²) in [6.45, 7) is 3.80. The van der Waals surface area contributed by atoms with Crippen LogP contribution in [-0.2, 0) is 0 Å². The quantitative estimate of drug-likeness (QED) is 0.807. The summed E-state index contributed by atoms with van der Waals surface area (Å²) in [5, 5.41) is 5.88. The van der Waals surface area contributed by atoms with Crippen LogP contribution in [0.4, 0.5) is 16.2 Å². The molecule has 1 aliphatic heterocycles. The number of benzene rings is 2. The number of halogens is 1. The Balaban J connectivity index is 1.57. The highest BCUT2D eigenvalue weighted by Gasteiger charge is 2.25. The van der Waals surface area contributed by atoms with E-state index in [9.17, 15) is 4.79 Å². The minimum atomic E-state index is -0.169. The number of carbonyl (C=O) groups excluding carboxylic acids is 1. The van der Waals surface area contributed by atoms with Crippen LogP contribution in [0.5, 0.6) is 0 Å². The van der Waals surface area contributed by atoms with Gasteiger partial charge < -0.3 is 15.5 Å². The molecule has 0 saturated carbocycles. The number of nitrogens with one attached hydrogen (secondary N) is 2. The molecular weight excluding hydrogens is 366 g/mol. The number of nitrogens with zero attached hydrogens (tertiary/aromatic N) is 1. The Labute approximate surface area is 151 Å². The number of hydrogen-bond acceptors (Lipinski definition) is 2. The fourth-order valence-corrected chi connectivity index (χ4v) is 3.52. The zero-order chi connectivity index (χ0) is 16.9. The van der Waals surface area contributed by atoms with Gasteiger partial charge in [-0.3, -0.25) is 0 Å². The molecular formula is C19H22BrN3O. The third kappa shape index (κ3) is 4.09. The van der Waals surface area contributed by atoms with E-state index in [1.165, 1.54) is 11.3 Å². The number of anilines is 2. The third-order valence-corrected chi connectivity index (χ3v) is 5.02. The van der Waals surface area contributed by atoms with Crippen molar-refractivity contribution in [2.45, 2.75) is 25.8 Å². The highest BCUT2D eigenvalue weighted by atomic mass is 79.9. The van der Waals surface area contributed by atoms with Crippen molar-refractivity contribution in [1.29, 1.82) is 0 Å². The van der Waals surface area contributed by atoms with E-state index in [0.29, 0.717) is 12.6 Å². The van der Waals surface area contributed by atoms with Gasteiger partial charge in [-0.05, 0) is 65.5 Å². The van der Waals surface area contributed by atoms with Gasteiger partial charge in [-0.2, -0.15) is 0 Å². The molecule has 1 saturated heterocycles. The van der Waals surface area contributed by atoms with Gasteiger partial charge in [0.2, 0.25) is 0 Å². The van der Waals surface area contributed by atoms with Crippen LogP contribution < -0.4 is 15.5 Å². The fourth-order valence-electron chi connectivity index (χ4n) is 3.13. The predicted octanol–water partition coefficient (Wildman–Crippen LogP) is 4.55. The summed E-state index contributed by atoms with van der Waals surface area (Å²) in [5.74, 6) is 0. The number of carbonyl (C=O) groups is 1. The minimum Gasteiger partial charge on any atom is -0.367 e. The first kappa shape index (κ1) is 16.8. The lowest BCUT2D eigenvalue weighted by atomic mass is 10.1. The number of amides is 2. The topological polar surface area (TPSA) is 44.4 Å². The van der Waals surface area contributed by atoms with E-state index in [1.807, 2.05) is 24.3 Å². The van der Waals surface area contributed by atoms with Crippen LogP contribution >= 0.6 is 15.9 Å². The second-order valence-corrected chi connectivity index (χ2v) is 7.00. The van der Waals surface area contributed by atoms with Crippen molar-refractivity contribution in [3.63, 3.8) is 0 Å². The molecule has 126 valence electrons. The normalized spacial score (nSPS) is 16.9. The molecule has 3 rings (SSSR count). The standard InChI is InChI=1S/C19H22BrN3O/c1-14-6-4-7-15(12-14)23-11-5-8-16(23)13-21-19(24)22-18-10-3-2-9-17(18)20/h2-4,6-7,9-10,12,16H,5,8,11,13H2,1H3,(H2,21,22,24). The van der Waals surface area contributed by atoms with Crippen molar-refractivity contribution in [2.24, 2.45) is 0 Å². The number of urea groups is 1. The van der Waals surface area contributed by atoms with Crippen molar-refractivity contribution in [3.8, 4) is 0 Å². The van der Waals surface area contributed by atoms with E-state index in [2.05, 4.69) is 62.7 Å². The summed E-state index contributed by atoms with van der Waals surface area (Å²) in [6, 6.07) is 16.3. The third-order valence-electron chi connectivity index (χ3n) is 4.33. The Kier molecular flexibility index (Phi) is 5.41. The molecule has 4 nitrogen and oxygen atoms in total. The average molecular weight is 388 g/mol. The Morgan fingerprint density at radius 3 is 2.88 bits per heavy atom. The largest absolute Gasteiger partial charge is 0.367 e. The highest BCUT2D eigenvalue weighted by Crippen LogP contribution is 2.26. The molecule has 1 fully saturated rings. The van der Waals surface area contributed by atoms with Gasteiger partial charge in [0.15, 0.2) is 0 Å². The van der Waals surface area contributed by atoms with Gasteiger partial charge in [0.05, 0.1) is 5.69 Å². The molecule has 1 unspecified atom stereocenters. The van der Waals surface area contributed by atoms with Crippen LogP contribution in [0.1, 0.15) is 18.4 Å². The molecule has 1 atom stereocenters. The second kappa shape index (κ2) is 7.71. The van der Waals surface area contributed by atoms with Gasteiger partial charge in [-0.15, -0.1) is 0 Å². The molecule has 1 aliphatic rings. The minimum absolute atomic E-state index is 0.169. The van der Waals surface area contributed by atoms with Crippen molar-refractivity contribution < 1.29 is 4.79 Å². The molecule has 0 aromatic heterocycles. The van der Waals surface area contributed by atoms with Crippen LogP contribution in [0, 0.1) is 6.92 Å². The van der Waals surface area contributed by atoms with Crippen LogP contribution in [0.2, 0.25) is 0 Å².